The van der Waals surface area contributed by atoms with Crippen molar-refractivity contribution in [3.05, 3.63) is 90.5 Å². The molecule has 4 rings (SSSR count). The Morgan fingerprint density at radius 2 is 1.74 bits per heavy atom. The van der Waals surface area contributed by atoms with Crippen LogP contribution < -0.4 is 20.7 Å². The van der Waals surface area contributed by atoms with E-state index in [9.17, 15) is 4.79 Å². The van der Waals surface area contributed by atoms with Crippen molar-refractivity contribution in [3.8, 4) is 22.7 Å². The highest BCUT2D eigenvalue weighted by Crippen LogP contribution is 2.25. The molecule has 1 heterocycles. The molecule has 3 aromatic carbocycles. The molecule has 0 aliphatic heterocycles. The van der Waals surface area contributed by atoms with Gasteiger partial charge in [0.1, 0.15) is 11.6 Å². The maximum atomic E-state index is 12.5. The second kappa shape index (κ2) is 10.6. The number of hydrogen-bond acceptors (Lipinski definition) is 5. The Balaban J connectivity index is 1.33. The monoisotopic (exact) mass is 455 g/mol. The van der Waals surface area contributed by atoms with Gasteiger partial charge in [-0.3, -0.25) is 4.79 Å². The van der Waals surface area contributed by atoms with Gasteiger partial charge in [-0.05, 0) is 67.1 Å². The number of rotatable bonds is 9. The second-order valence-corrected chi connectivity index (χ2v) is 8.01. The average molecular weight is 456 g/mol. The molecular formula is C27H29N5O2. The number of para-hydroxylation sites is 1. The quantitative estimate of drug-likeness (QED) is 0.366. The number of aromatic nitrogens is 2. The van der Waals surface area contributed by atoms with Crippen molar-refractivity contribution >= 4 is 17.4 Å². The van der Waals surface area contributed by atoms with Crippen molar-refractivity contribution < 1.29 is 9.53 Å². The number of carbonyl (C=O) groups excluding carboxylic acids is 1. The molecule has 3 N–H and O–H groups in total. The molecule has 1 aromatic heterocycles. The van der Waals surface area contributed by atoms with Gasteiger partial charge < -0.3 is 20.7 Å². The zero-order chi connectivity index (χ0) is 23.9. The van der Waals surface area contributed by atoms with E-state index in [4.69, 9.17) is 10.5 Å². The van der Waals surface area contributed by atoms with Crippen molar-refractivity contribution in [2.75, 3.05) is 37.9 Å². The minimum Gasteiger partial charge on any atom is -0.497 e. The largest absolute Gasteiger partial charge is 0.497 e. The van der Waals surface area contributed by atoms with Crippen molar-refractivity contribution in [3.63, 3.8) is 0 Å². The Hall–Kier alpha value is -4.26. The number of hydrogen-bond donors (Lipinski definition) is 2. The first-order valence-corrected chi connectivity index (χ1v) is 11.2. The van der Waals surface area contributed by atoms with Crippen LogP contribution in [0.3, 0.4) is 0 Å². The van der Waals surface area contributed by atoms with Crippen molar-refractivity contribution in [2.45, 2.75) is 6.42 Å². The van der Waals surface area contributed by atoms with Gasteiger partial charge in [-0.1, -0.05) is 18.2 Å². The molecule has 0 unspecified atom stereocenters. The Morgan fingerprint density at radius 1 is 1.03 bits per heavy atom. The van der Waals surface area contributed by atoms with Crippen molar-refractivity contribution in [1.29, 1.82) is 0 Å². The minimum absolute atomic E-state index is 0.0960. The van der Waals surface area contributed by atoms with Gasteiger partial charge in [-0.15, -0.1) is 0 Å². The third kappa shape index (κ3) is 5.38. The van der Waals surface area contributed by atoms with E-state index >= 15 is 0 Å². The predicted molar refractivity (Wildman–Crippen MR) is 137 cm³/mol. The summed E-state index contributed by atoms with van der Waals surface area (Å²) in [5, 5.41) is 7.62. The van der Waals surface area contributed by atoms with Crippen LogP contribution >= 0.6 is 0 Å². The fourth-order valence-electron chi connectivity index (χ4n) is 3.69. The molecule has 0 saturated heterocycles. The summed E-state index contributed by atoms with van der Waals surface area (Å²) in [6, 6.07) is 26.9. The Bertz CT molecular complexity index is 1220. The second-order valence-electron chi connectivity index (χ2n) is 8.01. The lowest BCUT2D eigenvalue weighted by molar-refractivity contribution is 0.0953. The van der Waals surface area contributed by atoms with Crippen LogP contribution in [0.2, 0.25) is 0 Å². The van der Waals surface area contributed by atoms with E-state index in [2.05, 4.69) is 34.5 Å². The van der Waals surface area contributed by atoms with E-state index in [1.807, 2.05) is 60.7 Å². The molecule has 0 bridgehead atoms. The lowest BCUT2D eigenvalue weighted by atomic mass is 10.1. The van der Waals surface area contributed by atoms with Crippen molar-refractivity contribution in [1.82, 2.24) is 15.1 Å². The lowest BCUT2D eigenvalue weighted by Gasteiger charge is -2.19. The number of nitrogens with one attached hydrogen (secondary N) is 1. The van der Waals surface area contributed by atoms with Crippen molar-refractivity contribution in [2.24, 2.45) is 0 Å². The number of anilines is 2. The van der Waals surface area contributed by atoms with E-state index in [0.29, 0.717) is 17.9 Å². The van der Waals surface area contributed by atoms with Gasteiger partial charge in [-0.25, -0.2) is 4.68 Å². The van der Waals surface area contributed by atoms with E-state index in [1.54, 1.807) is 23.9 Å². The zero-order valence-electron chi connectivity index (χ0n) is 19.4. The molecule has 4 aromatic rings. The molecule has 0 atom stereocenters. The summed E-state index contributed by atoms with van der Waals surface area (Å²) in [7, 11) is 3.69. The molecule has 0 aliphatic carbocycles. The molecule has 0 aliphatic rings. The summed E-state index contributed by atoms with van der Waals surface area (Å²) in [6.45, 7) is 1.47. The summed E-state index contributed by atoms with van der Waals surface area (Å²) in [6.07, 6.45) is 0.854. The zero-order valence-corrected chi connectivity index (χ0v) is 19.4. The third-order valence-corrected chi connectivity index (χ3v) is 5.65. The predicted octanol–water partition coefficient (Wildman–Crippen LogP) is 4.39. The molecule has 0 fully saturated rings. The average Bonchev–Trinajstić information content (AvgIpc) is 3.28. The number of ether oxygens (including phenoxy) is 1. The van der Waals surface area contributed by atoms with E-state index < -0.39 is 0 Å². The Kier molecular flexibility index (Phi) is 7.13. The van der Waals surface area contributed by atoms with Gasteiger partial charge in [0.05, 0.1) is 18.5 Å². The van der Waals surface area contributed by atoms with Crippen LogP contribution in [0.5, 0.6) is 5.75 Å². The van der Waals surface area contributed by atoms with Gasteiger partial charge in [0.25, 0.3) is 5.91 Å². The third-order valence-electron chi connectivity index (χ3n) is 5.65. The number of nitrogens with zero attached hydrogens (tertiary/aromatic N) is 3. The van der Waals surface area contributed by atoms with E-state index in [1.165, 1.54) is 0 Å². The van der Waals surface area contributed by atoms with Crippen LogP contribution in [0.25, 0.3) is 16.9 Å². The highest BCUT2D eigenvalue weighted by molar-refractivity contribution is 5.94. The molecule has 34 heavy (non-hydrogen) atoms. The van der Waals surface area contributed by atoms with Crippen LogP contribution in [0.15, 0.2) is 84.9 Å². The molecule has 174 valence electrons. The van der Waals surface area contributed by atoms with Crippen LogP contribution in [0, 0.1) is 0 Å². The van der Waals surface area contributed by atoms with Gasteiger partial charge >= 0.3 is 0 Å². The first-order chi connectivity index (χ1) is 16.5. The number of carbonyl (C=O) groups is 1. The molecule has 7 heteroatoms. The van der Waals surface area contributed by atoms with Gasteiger partial charge in [0.15, 0.2) is 0 Å². The number of benzene rings is 3. The molecule has 1 amide bonds. The summed E-state index contributed by atoms with van der Waals surface area (Å²) >= 11 is 0. The van der Waals surface area contributed by atoms with Gasteiger partial charge in [-0.2, -0.15) is 5.10 Å². The fraction of sp³-hybridized carbons (Fsp3) is 0.185. The van der Waals surface area contributed by atoms with Gasteiger partial charge in [0.2, 0.25) is 0 Å². The number of methoxy groups -OCH3 is 1. The number of nitrogens with two attached hydrogens (primary N) is 1. The summed E-state index contributed by atoms with van der Waals surface area (Å²) < 4.78 is 6.88. The van der Waals surface area contributed by atoms with E-state index in [-0.39, 0.29) is 5.91 Å². The van der Waals surface area contributed by atoms with Gasteiger partial charge in [0, 0.05) is 43.0 Å². The maximum Gasteiger partial charge on any atom is 0.251 e. The standard InChI is InChI=1S/C27H29N5O2/c1-31(22-7-4-3-5-8-22)18-6-17-29-27(33)21-9-13-23(14-10-21)32-26(28)19-25(30-32)20-11-15-24(34-2)16-12-20/h3-5,7-16,19H,6,17-18,28H2,1-2H3,(H,29,33). The minimum atomic E-state index is -0.0960. The van der Waals surface area contributed by atoms with Crippen LogP contribution in [-0.2, 0) is 0 Å². The lowest BCUT2D eigenvalue weighted by Crippen LogP contribution is -2.28. The first-order valence-electron chi connectivity index (χ1n) is 11.2. The van der Waals surface area contributed by atoms with E-state index in [0.717, 1.165) is 41.3 Å². The Labute approximate surface area is 199 Å². The number of amides is 1. The summed E-state index contributed by atoms with van der Waals surface area (Å²) in [5.41, 5.74) is 10.5. The molecular weight excluding hydrogens is 426 g/mol. The highest BCUT2D eigenvalue weighted by Gasteiger charge is 2.11. The normalized spacial score (nSPS) is 10.6. The SMILES string of the molecule is COc1ccc(-c2cc(N)n(-c3ccc(C(=O)NCCCN(C)c4ccccc4)cc3)n2)cc1. The van der Waals surface area contributed by atoms with Crippen LogP contribution in [0.1, 0.15) is 16.8 Å². The van der Waals surface area contributed by atoms with Crippen LogP contribution in [0.4, 0.5) is 11.5 Å². The summed E-state index contributed by atoms with van der Waals surface area (Å²) in [5.74, 6) is 1.21. The summed E-state index contributed by atoms with van der Waals surface area (Å²) in [4.78, 5) is 14.7. The molecule has 0 spiro atoms. The highest BCUT2D eigenvalue weighted by atomic mass is 16.5. The molecule has 7 nitrogen and oxygen atoms in total. The first kappa shape index (κ1) is 22.9. The topological polar surface area (TPSA) is 85.4 Å². The molecule has 0 saturated carbocycles. The van der Waals surface area contributed by atoms with Crippen LogP contribution in [-0.4, -0.2) is 42.9 Å². The molecule has 0 radical (unpaired) electrons. The number of nitrogen functional groups attached to an aromatic ring is 1. The smallest absolute Gasteiger partial charge is 0.251 e. The fourth-order valence-corrected chi connectivity index (χ4v) is 3.69. The Morgan fingerprint density at radius 3 is 2.41 bits per heavy atom. The maximum absolute atomic E-state index is 12.5.